The van der Waals surface area contributed by atoms with Crippen molar-refractivity contribution in [2.24, 2.45) is 5.92 Å². The fourth-order valence-electron chi connectivity index (χ4n) is 2.12. The number of carboxylic acids is 1. The zero-order valence-electron chi connectivity index (χ0n) is 12.9. The molecular formula is C16H20N4O2. The smallest absolute Gasteiger partial charge is 0.326 e. The molecule has 0 aliphatic rings. The van der Waals surface area contributed by atoms with Crippen LogP contribution in [0.4, 0.5) is 5.82 Å². The van der Waals surface area contributed by atoms with Crippen molar-refractivity contribution in [3.05, 3.63) is 36.2 Å². The summed E-state index contributed by atoms with van der Waals surface area (Å²) in [6, 6.07) is 6.57. The van der Waals surface area contributed by atoms with Crippen molar-refractivity contribution in [1.82, 2.24) is 15.0 Å². The largest absolute Gasteiger partial charge is 0.480 e. The van der Waals surface area contributed by atoms with E-state index >= 15 is 0 Å². The summed E-state index contributed by atoms with van der Waals surface area (Å²) >= 11 is 0. The number of nitrogens with zero attached hydrogens (tertiary/aromatic N) is 3. The lowest BCUT2D eigenvalue weighted by atomic mass is 10.0. The van der Waals surface area contributed by atoms with Crippen molar-refractivity contribution in [3.63, 3.8) is 0 Å². The van der Waals surface area contributed by atoms with Crippen LogP contribution in [0.1, 0.15) is 26.0 Å². The number of hydrogen-bond acceptors (Lipinski definition) is 5. The highest BCUT2D eigenvalue weighted by atomic mass is 16.4. The van der Waals surface area contributed by atoms with Crippen LogP contribution in [0.5, 0.6) is 0 Å². The zero-order chi connectivity index (χ0) is 16.1. The Balaban J connectivity index is 2.28. The lowest BCUT2D eigenvalue weighted by Crippen LogP contribution is -2.31. The van der Waals surface area contributed by atoms with E-state index in [1.54, 1.807) is 12.3 Å². The zero-order valence-corrected chi connectivity index (χ0v) is 12.9. The molecule has 6 heteroatoms. The van der Waals surface area contributed by atoms with Gasteiger partial charge in [0.05, 0.1) is 0 Å². The number of aryl methyl sites for hydroxylation is 1. The van der Waals surface area contributed by atoms with Gasteiger partial charge in [0.2, 0.25) is 0 Å². The molecule has 0 saturated heterocycles. The number of hydrogen-bond donors (Lipinski definition) is 2. The lowest BCUT2D eigenvalue weighted by molar-refractivity contribution is -0.138. The predicted molar refractivity (Wildman–Crippen MR) is 84.5 cm³/mol. The van der Waals surface area contributed by atoms with E-state index in [2.05, 4.69) is 20.3 Å². The summed E-state index contributed by atoms with van der Waals surface area (Å²) in [6.07, 6.45) is 2.20. The first-order chi connectivity index (χ1) is 10.5. The predicted octanol–water partition coefficient (Wildman–Crippen LogP) is 2.76. The number of nitrogens with one attached hydrogen (secondary N) is 1. The Labute approximate surface area is 129 Å². The molecule has 0 aliphatic heterocycles. The number of pyridine rings is 1. The fraction of sp³-hybridized carbons (Fsp3) is 0.375. The molecule has 2 aromatic heterocycles. The van der Waals surface area contributed by atoms with Crippen molar-refractivity contribution < 1.29 is 9.90 Å². The van der Waals surface area contributed by atoms with Crippen LogP contribution in [0, 0.1) is 12.8 Å². The highest BCUT2D eigenvalue weighted by Crippen LogP contribution is 2.17. The van der Waals surface area contributed by atoms with Crippen molar-refractivity contribution in [1.29, 1.82) is 0 Å². The Morgan fingerprint density at radius 3 is 2.68 bits per heavy atom. The minimum atomic E-state index is -0.885. The summed E-state index contributed by atoms with van der Waals surface area (Å²) in [5, 5.41) is 12.3. The molecule has 2 heterocycles. The normalized spacial score (nSPS) is 12.2. The summed E-state index contributed by atoms with van der Waals surface area (Å²) in [6.45, 7) is 5.82. The number of rotatable bonds is 6. The molecule has 1 atom stereocenters. The molecule has 0 bridgehead atoms. The van der Waals surface area contributed by atoms with Gasteiger partial charge in [-0.15, -0.1) is 0 Å². The van der Waals surface area contributed by atoms with Crippen LogP contribution in [0.15, 0.2) is 30.5 Å². The third-order valence-corrected chi connectivity index (χ3v) is 3.08. The summed E-state index contributed by atoms with van der Waals surface area (Å²) in [4.78, 5) is 24.3. The van der Waals surface area contributed by atoms with E-state index in [9.17, 15) is 9.90 Å². The Morgan fingerprint density at radius 1 is 1.32 bits per heavy atom. The molecule has 0 unspecified atom stereocenters. The maximum Gasteiger partial charge on any atom is 0.326 e. The Hall–Kier alpha value is -2.50. The molecule has 6 nitrogen and oxygen atoms in total. The van der Waals surface area contributed by atoms with Gasteiger partial charge in [-0.25, -0.2) is 14.8 Å². The van der Waals surface area contributed by atoms with E-state index in [4.69, 9.17) is 0 Å². The van der Waals surface area contributed by atoms with Crippen LogP contribution in [-0.4, -0.2) is 32.1 Å². The van der Waals surface area contributed by atoms with Crippen molar-refractivity contribution in [2.45, 2.75) is 33.2 Å². The first-order valence-electron chi connectivity index (χ1n) is 7.22. The number of anilines is 1. The summed E-state index contributed by atoms with van der Waals surface area (Å²) < 4.78 is 0. The van der Waals surface area contributed by atoms with E-state index in [0.29, 0.717) is 23.8 Å². The standard InChI is InChI=1S/C16H20N4O2/c1-10(2)8-13(16(21)22)19-14-9-11(3)18-15(20-14)12-6-4-5-7-17-12/h4-7,9-10,13H,8H2,1-3H3,(H,21,22)(H,18,19,20)/t13-/m1/s1. The highest BCUT2D eigenvalue weighted by molar-refractivity contribution is 5.77. The van der Waals surface area contributed by atoms with Crippen LogP contribution in [0.3, 0.4) is 0 Å². The molecule has 2 N–H and O–H groups in total. The van der Waals surface area contributed by atoms with Gasteiger partial charge in [0.1, 0.15) is 17.6 Å². The summed E-state index contributed by atoms with van der Waals surface area (Å²) in [7, 11) is 0. The molecule has 22 heavy (non-hydrogen) atoms. The molecule has 2 rings (SSSR count). The maximum absolute atomic E-state index is 11.4. The molecule has 2 aromatic rings. The van der Waals surface area contributed by atoms with Gasteiger partial charge < -0.3 is 10.4 Å². The van der Waals surface area contributed by atoms with E-state index in [-0.39, 0.29) is 5.92 Å². The van der Waals surface area contributed by atoms with Crippen molar-refractivity contribution in [3.8, 4) is 11.5 Å². The maximum atomic E-state index is 11.4. The summed E-state index contributed by atoms with van der Waals surface area (Å²) in [5.41, 5.74) is 1.41. The van der Waals surface area contributed by atoms with Gasteiger partial charge in [0, 0.05) is 18.0 Å². The molecule has 0 saturated carbocycles. The number of aliphatic carboxylic acids is 1. The first-order valence-corrected chi connectivity index (χ1v) is 7.22. The molecule has 0 amide bonds. The molecule has 0 aliphatic carbocycles. The SMILES string of the molecule is Cc1cc(N[C@H](CC(C)C)C(=O)O)nc(-c2ccccn2)n1. The van der Waals surface area contributed by atoms with Crippen LogP contribution in [0.25, 0.3) is 11.5 Å². The van der Waals surface area contributed by atoms with Gasteiger partial charge in [0.15, 0.2) is 5.82 Å². The van der Waals surface area contributed by atoms with E-state index in [1.807, 2.05) is 39.0 Å². The molecule has 0 aromatic carbocycles. The average Bonchev–Trinajstić information content (AvgIpc) is 2.46. The topological polar surface area (TPSA) is 88.0 Å². The Morgan fingerprint density at radius 2 is 2.09 bits per heavy atom. The molecule has 0 spiro atoms. The van der Waals surface area contributed by atoms with Crippen molar-refractivity contribution >= 4 is 11.8 Å². The van der Waals surface area contributed by atoms with Crippen LogP contribution in [0.2, 0.25) is 0 Å². The van der Waals surface area contributed by atoms with E-state index in [0.717, 1.165) is 5.69 Å². The second-order valence-corrected chi connectivity index (χ2v) is 5.60. The van der Waals surface area contributed by atoms with E-state index < -0.39 is 12.0 Å². The third-order valence-electron chi connectivity index (χ3n) is 3.08. The van der Waals surface area contributed by atoms with Crippen LogP contribution >= 0.6 is 0 Å². The third kappa shape index (κ3) is 4.25. The molecule has 0 radical (unpaired) electrons. The van der Waals surface area contributed by atoms with Gasteiger partial charge >= 0.3 is 5.97 Å². The van der Waals surface area contributed by atoms with Gasteiger partial charge in [-0.2, -0.15) is 0 Å². The Bertz CT molecular complexity index is 644. The highest BCUT2D eigenvalue weighted by Gasteiger charge is 2.19. The monoisotopic (exact) mass is 300 g/mol. The summed E-state index contributed by atoms with van der Waals surface area (Å²) in [5.74, 6) is 0.370. The van der Waals surface area contributed by atoms with Gasteiger partial charge in [-0.05, 0) is 31.4 Å². The second-order valence-electron chi connectivity index (χ2n) is 5.60. The average molecular weight is 300 g/mol. The second kappa shape index (κ2) is 6.98. The van der Waals surface area contributed by atoms with Crippen LogP contribution in [-0.2, 0) is 4.79 Å². The fourth-order valence-corrected chi connectivity index (χ4v) is 2.12. The number of carboxylic acid groups (broad SMARTS) is 1. The Kier molecular flexibility index (Phi) is 5.04. The van der Waals surface area contributed by atoms with Gasteiger partial charge in [-0.1, -0.05) is 19.9 Å². The van der Waals surface area contributed by atoms with Gasteiger partial charge in [0.25, 0.3) is 0 Å². The first kappa shape index (κ1) is 15.9. The lowest BCUT2D eigenvalue weighted by Gasteiger charge is -2.17. The molecular weight excluding hydrogens is 280 g/mol. The van der Waals surface area contributed by atoms with Gasteiger partial charge in [-0.3, -0.25) is 4.98 Å². The minimum absolute atomic E-state index is 0.270. The number of aromatic nitrogens is 3. The van der Waals surface area contributed by atoms with Crippen LogP contribution < -0.4 is 5.32 Å². The minimum Gasteiger partial charge on any atom is -0.480 e. The quantitative estimate of drug-likeness (QED) is 0.853. The number of carbonyl (C=O) groups is 1. The molecule has 0 fully saturated rings. The molecule has 116 valence electrons. The van der Waals surface area contributed by atoms with E-state index in [1.165, 1.54) is 0 Å². The van der Waals surface area contributed by atoms with Crippen molar-refractivity contribution in [2.75, 3.05) is 5.32 Å².